The summed E-state index contributed by atoms with van der Waals surface area (Å²) in [5.74, 6) is 0.495. The summed E-state index contributed by atoms with van der Waals surface area (Å²) in [7, 11) is 1.51. The molecule has 1 rings (SSSR count). The van der Waals surface area contributed by atoms with Crippen LogP contribution in [0.15, 0.2) is 16.9 Å². The molecule has 0 saturated heterocycles. The van der Waals surface area contributed by atoms with E-state index in [9.17, 15) is 0 Å². The molecule has 0 N–H and O–H groups in total. The van der Waals surface area contributed by atoms with Gasteiger partial charge in [0, 0.05) is 10.7 Å². The summed E-state index contributed by atoms with van der Waals surface area (Å²) < 4.78 is 5.57. The topological polar surface area (TPSA) is 26.5 Å². The van der Waals surface area contributed by atoms with E-state index in [0.717, 1.165) is 0 Å². The van der Waals surface area contributed by atoms with Gasteiger partial charge in [0.25, 0.3) is 0 Å². The molecular weight excluding hydrogens is 208 g/mol. The van der Waals surface area contributed by atoms with Gasteiger partial charge in [-0.1, -0.05) is 15.9 Å². The van der Waals surface area contributed by atoms with E-state index >= 15 is 0 Å². The average Bonchev–Trinajstić information content (AvgIpc) is 2.04. The third-order valence-electron chi connectivity index (χ3n) is 1.17. The number of hydrogen-bond donors (Lipinski definition) is 0. The molecule has 0 aliphatic carbocycles. The van der Waals surface area contributed by atoms with Crippen molar-refractivity contribution in [3.8, 4) is 5.75 Å². The molecule has 0 unspecified atom stereocenters. The van der Waals surface area contributed by atoms with Crippen molar-refractivity contribution in [2.24, 2.45) is 0 Å². The molecule has 0 atom stereocenters. The molecule has 1 aromatic heterocycles. The SMILES string of the molecule is [C-]#[N+]c1c(Br)cncc1OC. The van der Waals surface area contributed by atoms with Crippen LogP contribution in [0.3, 0.4) is 0 Å². The van der Waals surface area contributed by atoms with Crippen molar-refractivity contribution >= 4 is 21.6 Å². The van der Waals surface area contributed by atoms with Gasteiger partial charge in [-0.05, 0) is 0 Å². The molecule has 0 saturated carbocycles. The highest BCUT2D eigenvalue weighted by Gasteiger charge is 2.05. The van der Waals surface area contributed by atoms with E-state index in [1.165, 1.54) is 13.3 Å². The Hall–Kier alpha value is -1.08. The standard InChI is InChI=1S/C7H5BrN2O/c1-9-7-5(8)3-10-4-6(7)11-2/h3-4H,2H3. The Morgan fingerprint density at radius 2 is 2.36 bits per heavy atom. The molecule has 0 amide bonds. The molecule has 1 aromatic rings. The predicted octanol–water partition coefficient (Wildman–Crippen LogP) is 2.40. The molecule has 0 bridgehead atoms. The van der Waals surface area contributed by atoms with Gasteiger partial charge in [-0.3, -0.25) is 4.98 Å². The van der Waals surface area contributed by atoms with Gasteiger partial charge in [0.2, 0.25) is 5.69 Å². The zero-order valence-electron chi connectivity index (χ0n) is 5.84. The van der Waals surface area contributed by atoms with Crippen LogP contribution in [0.25, 0.3) is 4.85 Å². The third-order valence-corrected chi connectivity index (χ3v) is 1.75. The maximum absolute atomic E-state index is 6.82. The van der Waals surface area contributed by atoms with Crippen LogP contribution in [0.2, 0.25) is 0 Å². The fourth-order valence-corrected chi connectivity index (χ4v) is 1.07. The first-order valence-corrected chi connectivity index (χ1v) is 3.64. The number of aromatic nitrogens is 1. The Balaban J connectivity index is 3.27. The molecule has 4 heteroatoms. The average molecular weight is 213 g/mol. The molecule has 0 spiro atoms. The van der Waals surface area contributed by atoms with E-state index in [2.05, 4.69) is 25.8 Å². The lowest BCUT2D eigenvalue weighted by molar-refractivity contribution is 0.415. The minimum atomic E-state index is 0.461. The van der Waals surface area contributed by atoms with Gasteiger partial charge in [-0.25, -0.2) is 4.85 Å². The number of methoxy groups -OCH3 is 1. The van der Waals surface area contributed by atoms with Crippen LogP contribution in [0.4, 0.5) is 5.69 Å². The molecule has 1 heterocycles. The van der Waals surface area contributed by atoms with Gasteiger partial charge in [0.1, 0.15) is 5.75 Å². The van der Waals surface area contributed by atoms with Crippen LogP contribution in [0, 0.1) is 6.57 Å². The van der Waals surface area contributed by atoms with Gasteiger partial charge in [0.15, 0.2) is 0 Å². The largest absolute Gasteiger partial charge is 0.506 e. The number of rotatable bonds is 1. The van der Waals surface area contributed by atoms with E-state index in [0.29, 0.717) is 15.9 Å². The van der Waals surface area contributed by atoms with Crippen molar-refractivity contribution in [3.63, 3.8) is 0 Å². The van der Waals surface area contributed by atoms with Crippen LogP contribution < -0.4 is 4.74 Å². The second-order valence-electron chi connectivity index (χ2n) is 1.78. The Morgan fingerprint density at radius 1 is 1.64 bits per heavy atom. The Labute approximate surface area is 73.0 Å². The number of ether oxygens (including phenoxy) is 1. The number of pyridine rings is 1. The predicted molar refractivity (Wildman–Crippen MR) is 44.8 cm³/mol. The lowest BCUT2D eigenvalue weighted by Crippen LogP contribution is -1.84. The molecule has 3 nitrogen and oxygen atoms in total. The minimum Gasteiger partial charge on any atom is -0.506 e. The van der Waals surface area contributed by atoms with Gasteiger partial charge in [0.05, 0.1) is 19.9 Å². The molecule has 56 valence electrons. The quantitative estimate of drug-likeness (QED) is 0.669. The van der Waals surface area contributed by atoms with Gasteiger partial charge < -0.3 is 4.74 Å². The van der Waals surface area contributed by atoms with E-state index < -0.39 is 0 Å². The van der Waals surface area contributed by atoms with Crippen molar-refractivity contribution < 1.29 is 4.74 Å². The van der Waals surface area contributed by atoms with Gasteiger partial charge >= 0.3 is 0 Å². The van der Waals surface area contributed by atoms with Crippen molar-refractivity contribution in [3.05, 3.63) is 28.3 Å². The third kappa shape index (κ3) is 1.49. The molecule has 11 heavy (non-hydrogen) atoms. The fourth-order valence-electron chi connectivity index (χ4n) is 0.668. The Bertz CT molecular complexity index is 306. The lowest BCUT2D eigenvalue weighted by atomic mass is 10.4. The maximum atomic E-state index is 6.82. The van der Waals surface area contributed by atoms with Crippen LogP contribution in [-0.4, -0.2) is 12.1 Å². The van der Waals surface area contributed by atoms with E-state index in [4.69, 9.17) is 11.3 Å². The first-order valence-electron chi connectivity index (χ1n) is 2.84. The van der Waals surface area contributed by atoms with E-state index in [1.54, 1.807) is 6.20 Å². The van der Waals surface area contributed by atoms with Gasteiger partial charge in [-0.2, -0.15) is 0 Å². The van der Waals surface area contributed by atoms with Crippen LogP contribution >= 0.6 is 15.9 Å². The maximum Gasteiger partial charge on any atom is 0.245 e. The monoisotopic (exact) mass is 212 g/mol. The summed E-state index contributed by atoms with van der Waals surface area (Å²) in [5.41, 5.74) is 0.461. The molecular formula is C7H5BrN2O. The van der Waals surface area contributed by atoms with Crippen LogP contribution in [0.1, 0.15) is 0 Å². The highest BCUT2D eigenvalue weighted by Crippen LogP contribution is 2.33. The van der Waals surface area contributed by atoms with Gasteiger partial charge in [-0.15, -0.1) is 0 Å². The van der Waals surface area contributed by atoms with Crippen LogP contribution in [-0.2, 0) is 0 Å². The highest BCUT2D eigenvalue weighted by atomic mass is 79.9. The highest BCUT2D eigenvalue weighted by molar-refractivity contribution is 9.10. The Kier molecular flexibility index (Phi) is 2.44. The molecule has 0 radical (unpaired) electrons. The van der Waals surface area contributed by atoms with Crippen molar-refractivity contribution in [2.75, 3.05) is 7.11 Å². The zero-order valence-corrected chi connectivity index (χ0v) is 7.42. The lowest BCUT2D eigenvalue weighted by Gasteiger charge is -2.01. The van der Waals surface area contributed by atoms with E-state index in [-0.39, 0.29) is 0 Å². The summed E-state index contributed by atoms with van der Waals surface area (Å²) in [6.45, 7) is 6.82. The smallest absolute Gasteiger partial charge is 0.245 e. The van der Waals surface area contributed by atoms with E-state index in [1.807, 2.05) is 0 Å². The second-order valence-corrected chi connectivity index (χ2v) is 2.64. The minimum absolute atomic E-state index is 0.461. The van der Waals surface area contributed by atoms with Crippen molar-refractivity contribution in [1.29, 1.82) is 0 Å². The molecule has 0 aromatic carbocycles. The number of halogens is 1. The van der Waals surface area contributed by atoms with Crippen LogP contribution in [0.5, 0.6) is 5.75 Å². The second kappa shape index (κ2) is 3.35. The van der Waals surface area contributed by atoms with Crippen molar-refractivity contribution in [2.45, 2.75) is 0 Å². The molecule has 0 aliphatic heterocycles. The molecule has 0 aliphatic rings. The first-order chi connectivity index (χ1) is 5.29. The summed E-state index contributed by atoms with van der Waals surface area (Å²) in [5, 5.41) is 0. The summed E-state index contributed by atoms with van der Waals surface area (Å²) in [6.07, 6.45) is 3.08. The number of nitrogens with zero attached hydrogens (tertiary/aromatic N) is 2. The van der Waals surface area contributed by atoms with Crippen molar-refractivity contribution in [1.82, 2.24) is 4.98 Å². The summed E-state index contributed by atoms with van der Waals surface area (Å²) in [4.78, 5) is 7.13. The first kappa shape index (κ1) is 8.02. The normalized spacial score (nSPS) is 8.82. The number of hydrogen-bond acceptors (Lipinski definition) is 2. The summed E-state index contributed by atoms with van der Waals surface area (Å²) >= 11 is 3.19. The fraction of sp³-hybridized carbons (Fsp3) is 0.143. The zero-order chi connectivity index (χ0) is 8.27. The Morgan fingerprint density at radius 3 is 2.82 bits per heavy atom. The summed E-state index contributed by atoms with van der Waals surface area (Å²) in [6, 6.07) is 0. The molecule has 0 fully saturated rings.